The van der Waals surface area contributed by atoms with Gasteiger partial charge in [-0.05, 0) is 31.9 Å². The Labute approximate surface area is 108 Å². The van der Waals surface area contributed by atoms with Crippen LogP contribution in [0.2, 0.25) is 0 Å². The van der Waals surface area contributed by atoms with Crippen molar-refractivity contribution in [1.82, 2.24) is 4.98 Å². The van der Waals surface area contributed by atoms with Gasteiger partial charge in [-0.1, -0.05) is 13.8 Å². The molecule has 1 aromatic rings. The predicted molar refractivity (Wildman–Crippen MR) is 73.8 cm³/mol. The molecule has 0 aliphatic heterocycles. The maximum absolute atomic E-state index is 9.90. The van der Waals surface area contributed by atoms with E-state index in [4.69, 9.17) is 10.5 Å². The number of aromatic nitrogens is 1. The Hall–Kier alpha value is -1.49. The van der Waals surface area contributed by atoms with Crippen molar-refractivity contribution in [2.75, 3.05) is 24.2 Å². The summed E-state index contributed by atoms with van der Waals surface area (Å²) in [5.41, 5.74) is 5.56. The first-order valence-electron chi connectivity index (χ1n) is 6.34. The quantitative estimate of drug-likeness (QED) is 0.692. The van der Waals surface area contributed by atoms with Crippen molar-refractivity contribution in [2.45, 2.75) is 39.2 Å². The molecule has 1 unspecified atom stereocenters. The minimum absolute atomic E-state index is 0.438. The molecule has 0 aliphatic carbocycles. The number of nitrogens with zero attached hydrogens (tertiary/aromatic N) is 1. The summed E-state index contributed by atoms with van der Waals surface area (Å²) >= 11 is 0. The molecule has 1 atom stereocenters. The highest BCUT2D eigenvalue weighted by atomic mass is 16.5. The number of nitrogen functional groups attached to an aromatic ring is 1. The van der Waals surface area contributed by atoms with Gasteiger partial charge in [0.05, 0.1) is 17.9 Å². The van der Waals surface area contributed by atoms with Crippen LogP contribution in [0, 0.1) is 0 Å². The number of pyridine rings is 1. The van der Waals surface area contributed by atoms with Crippen LogP contribution < -0.4 is 15.8 Å². The lowest BCUT2D eigenvalue weighted by atomic mass is 10.0. The standard InChI is InChI=1S/C13H23N3O2/c1-4-8-18-12-10(14)6-7-11(16-12)15-9-13(3,17)5-2/h6-7,17H,4-5,8-9,14H2,1-3H3,(H,15,16). The van der Waals surface area contributed by atoms with Gasteiger partial charge in [-0.15, -0.1) is 0 Å². The lowest BCUT2D eigenvalue weighted by Crippen LogP contribution is -2.32. The molecule has 18 heavy (non-hydrogen) atoms. The van der Waals surface area contributed by atoms with Crippen LogP contribution in [0.3, 0.4) is 0 Å². The molecule has 1 heterocycles. The second kappa shape index (κ2) is 6.44. The maximum Gasteiger partial charge on any atom is 0.239 e. The fraction of sp³-hybridized carbons (Fsp3) is 0.615. The molecule has 5 heteroatoms. The fourth-order valence-corrected chi connectivity index (χ4v) is 1.27. The predicted octanol–water partition coefficient (Wildman–Crippen LogP) is 2.03. The Morgan fingerprint density at radius 1 is 1.44 bits per heavy atom. The SMILES string of the molecule is CCCOc1nc(NCC(C)(O)CC)ccc1N. The number of hydrogen-bond donors (Lipinski definition) is 3. The monoisotopic (exact) mass is 253 g/mol. The number of hydrogen-bond acceptors (Lipinski definition) is 5. The van der Waals surface area contributed by atoms with Crippen molar-refractivity contribution >= 4 is 11.5 Å². The van der Waals surface area contributed by atoms with Crippen LogP contribution >= 0.6 is 0 Å². The van der Waals surface area contributed by atoms with Gasteiger partial charge in [0.25, 0.3) is 0 Å². The highest BCUT2D eigenvalue weighted by Gasteiger charge is 2.17. The molecule has 0 saturated heterocycles. The normalized spacial score (nSPS) is 14.0. The molecule has 0 aromatic carbocycles. The van der Waals surface area contributed by atoms with E-state index in [-0.39, 0.29) is 0 Å². The van der Waals surface area contributed by atoms with Gasteiger partial charge in [0, 0.05) is 6.54 Å². The molecule has 0 saturated carbocycles. The average molecular weight is 253 g/mol. The summed E-state index contributed by atoms with van der Waals surface area (Å²) in [7, 11) is 0. The van der Waals surface area contributed by atoms with E-state index in [2.05, 4.69) is 10.3 Å². The molecule has 5 nitrogen and oxygen atoms in total. The number of aliphatic hydroxyl groups is 1. The van der Waals surface area contributed by atoms with Crippen LogP contribution in [-0.2, 0) is 0 Å². The molecule has 1 rings (SSSR count). The van der Waals surface area contributed by atoms with Crippen molar-refractivity contribution < 1.29 is 9.84 Å². The van der Waals surface area contributed by atoms with Crippen molar-refractivity contribution in [2.24, 2.45) is 0 Å². The Morgan fingerprint density at radius 2 is 2.17 bits per heavy atom. The summed E-state index contributed by atoms with van der Waals surface area (Å²) in [5, 5.41) is 13.0. The molecular formula is C13H23N3O2. The van der Waals surface area contributed by atoms with Gasteiger partial charge in [-0.25, -0.2) is 0 Å². The van der Waals surface area contributed by atoms with Crippen LogP contribution in [0.1, 0.15) is 33.6 Å². The van der Waals surface area contributed by atoms with Crippen LogP contribution in [0.5, 0.6) is 5.88 Å². The van der Waals surface area contributed by atoms with E-state index in [1.165, 1.54) is 0 Å². The van der Waals surface area contributed by atoms with Gasteiger partial charge in [-0.3, -0.25) is 0 Å². The Morgan fingerprint density at radius 3 is 2.78 bits per heavy atom. The molecule has 0 radical (unpaired) electrons. The van der Waals surface area contributed by atoms with Gasteiger partial charge in [0.2, 0.25) is 5.88 Å². The molecule has 0 bridgehead atoms. The van der Waals surface area contributed by atoms with E-state index in [9.17, 15) is 5.11 Å². The largest absolute Gasteiger partial charge is 0.476 e. The van der Waals surface area contributed by atoms with Gasteiger partial charge < -0.3 is 20.9 Å². The lowest BCUT2D eigenvalue weighted by Gasteiger charge is -2.22. The number of ether oxygens (including phenoxy) is 1. The first-order valence-corrected chi connectivity index (χ1v) is 6.34. The zero-order chi connectivity index (χ0) is 13.6. The summed E-state index contributed by atoms with van der Waals surface area (Å²) in [4.78, 5) is 4.28. The molecule has 0 amide bonds. The third-order valence-corrected chi connectivity index (χ3v) is 2.74. The van der Waals surface area contributed by atoms with Crippen molar-refractivity contribution in [3.8, 4) is 5.88 Å². The summed E-state index contributed by atoms with van der Waals surface area (Å²) in [6.45, 7) is 6.78. The van der Waals surface area contributed by atoms with E-state index in [0.29, 0.717) is 37.0 Å². The minimum Gasteiger partial charge on any atom is -0.476 e. The topological polar surface area (TPSA) is 80.4 Å². The fourth-order valence-electron chi connectivity index (χ4n) is 1.27. The molecule has 1 aromatic heterocycles. The highest BCUT2D eigenvalue weighted by Crippen LogP contribution is 2.21. The van der Waals surface area contributed by atoms with Crippen molar-refractivity contribution in [3.63, 3.8) is 0 Å². The third-order valence-electron chi connectivity index (χ3n) is 2.74. The number of rotatable bonds is 7. The summed E-state index contributed by atoms with van der Waals surface area (Å²) in [5.74, 6) is 1.10. The number of anilines is 2. The second-order valence-electron chi connectivity index (χ2n) is 4.64. The number of nitrogens with two attached hydrogens (primary N) is 1. The first-order chi connectivity index (χ1) is 8.48. The molecule has 0 spiro atoms. The Kier molecular flexibility index (Phi) is 5.22. The van der Waals surface area contributed by atoms with E-state index in [1.54, 1.807) is 19.1 Å². The molecular weight excluding hydrogens is 230 g/mol. The van der Waals surface area contributed by atoms with Gasteiger partial charge in [-0.2, -0.15) is 4.98 Å². The van der Waals surface area contributed by atoms with Gasteiger partial charge >= 0.3 is 0 Å². The van der Waals surface area contributed by atoms with Crippen LogP contribution in [0.15, 0.2) is 12.1 Å². The summed E-state index contributed by atoms with van der Waals surface area (Å²) in [6, 6.07) is 3.53. The van der Waals surface area contributed by atoms with Crippen molar-refractivity contribution in [3.05, 3.63) is 12.1 Å². The average Bonchev–Trinajstić information content (AvgIpc) is 2.36. The van der Waals surface area contributed by atoms with Crippen LogP contribution in [-0.4, -0.2) is 28.8 Å². The third kappa shape index (κ3) is 4.41. The van der Waals surface area contributed by atoms with E-state index in [1.807, 2.05) is 13.8 Å². The molecule has 0 aliphatic rings. The van der Waals surface area contributed by atoms with Crippen molar-refractivity contribution in [1.29, 1.82) is 0 Å². The number of nitrogens with one attached hydrogen (secondary N) is 1. The van der Waals surface area contributed by atoms with Gasteiger partial charge in [0.15, 0.2) is 0 Å². The second-order valence-corrected chi connectivity index (χ2v) is 4.64. The van der Waals surface area contributed by atoms with Gasteiger partial charge in [0.1, 0.15) is 5.82 Å². The Balaban J connectivity index is 2.67. The summed E-state index contributed by atoms with van der Waals surface area (Å²) in [6.07, 6.45) is 1.58. The van der Waals surface area contributed by atoms with E-state index in [0.717, 1.165) is 6.42 Å². The molecule has 102 valence electrons. The zero-order valence-corrected chi connectivity index (χ0v) is 11.4. The highest BCUT2D eigenvalue weighted by molar-refractivity contribution is 5.53. The smallest absolute Gasteiger partial charge is 0.239 e. The van der Waals surface area contributed by atoms with Crippen LogP contribution in [0.25, 0.3) is 0 Å². The first kappa shape index (κ1) is 14.6. The minimum atomic E-state index is -0.743. The lowest BCUT2D eigenvalue weighted by molar-refractivity contribution is 0.0696. The maximum atomic E-state index is 9.90. The van der Waals surface area contributed by atoms with E-state index >= 15 is 0 Å². The molecule has 4 N–H and O–H groups in total. The molecule has 0 fully saturated rings. The van der Waals surface area contributed by atoms with Crippen LogP contribution in [0.4, 0.5) is 11.5 Å². The summed E-state index contributed by atoms with van der Waals surface area (Å²) < 4.78 is 5.45. The Bertz CT molecular complexity index is 380. The zero-order valence-electron chi connectivity index (χ0n) is 11.4. The van der Waals surface area contributed by atoms with E-state index < -0.39 is 5.60 Å².